The lowest BCUT2D eigenvalue weighted by atomic mass is 10.1. The van der Waals surface area contributed by atoms with E-state index in [4.69, 9.17) is 14.6 Å². The van der Waals surface area contributed by atoms with Gasteiger partial charge in [-0.05, 0) is 30.5 Å². The van der Waals surface area contributed by atoms with Crippen LogP contribution in [-0.4, -0.2) is 54.4 Å². The lowest BCUT2D eigenvalue weighted by Crippen LogP contribution is -2.34. The van der Waals surface area contributed by atoms with E-state index in [2.05, 4.69) is 0 Å². The number of hydrogen-bond acceptors (Lipinski definition) is 4. The monoisotopic (exact) mass is 371 g/mol. The Labute approximate surface area is 150 Å². The van der Waals surface area contributed by atoms with Crippen LogP contribution in [-0.2, 0) is 25.6 Å². The molecule has 6 nitrogen and oxygen atoms in total. The van der Waals surface area contributed by atoms with E-state index >= 15 is 0 Å². The molecule has 1 N–H and O–H groups in total. The molecule has 1 aliphatic rings. The van der Waals surface area contributed by atoms with E-state index in [-0.39, 0.29) is 44.5 Å². The smallest absolute Gasteiger partial charge is 0.305 e. The van der Waals surface area contributed by atoms with Crippen molar-refractivity contribution in [1.29, 1.82) is 0 Å². The molecule has 1 saturated heterocycles. The normalized spacial score (nSPS) is 15.0. The standard InChI is InChI=1S/C18H23F2NO5/c19-15-2-1-13(11-16(15)20)12-21(7-3-18(23)24)17(22)6-10-26-14-4-8-25-9-5-14/h1-2,11,14H,3-10,12H2,(H,23,24). The SMILES string of the molecule is O=C(O)CCN(Cc1ccc(F)c(F)c1)C(=O)CCOC1CCOCC1. The first-order valence-electron chi connectivity index (χ1n) is 8.58. The Morgan fingerprint density at radius 1 is 1.19 bits per heavy atom. The van der Waals surface area contributed by atoms with Crippen LogP contribution in [0.3, 0.4) is 0 Å². The Bertz CT molecular complexity index is 620. The number of carbonyl (C=O) groups is 2. The van der Waals surface area contributed by atoms with Crippen molar-refractivity contribution in [3.05, 3.63) is 35.4 Å². The summed E-state index contributed by atoms with van der Waals surface area (Å²) >= 11 is 0. The van der Waals surface area contributed by atoms with Crippen molar-refractivity contribution in [2.45, 2.75) is 38.3 Å². The topological polar surface area (TPSA) is 76.1 Å². The highest BCUT2D eigenvalue weighted by atomic mass is 19.2. The van der Waals surface area contributed by atoms with Crippen molar-refractivity contribution in [2.75, 3.05) is 26.4 Å². The number of halogens is 2. The molecule has 1 heterocycles. The maximum Gasteiger partial charge on any atom is 0.305 e. The minimum Gasteiger partial charge on any atom is -0.481 e. The summed E-state index contributed by atoms with van der Waals surface area (Å²) < 4.78 is 37.3. The highest BCUT2D eigenvalue weighted by molar-refractivity contribution is 5.77. The fourth-order valence-corrected chi connectivity index (χ4v) is 2.69. The van der Waals surface area contributed by atoms with Gasteiger partial charge in [0.15, 0.2) is 11.6 Å². The second-order valence-corrected chi connectivity index (χ2v) is 6.14. The number of carboxylic acid groups (broad SMARTS) is 1. The molecule has 0 aliphatic carbocycles. The van der Waals surface area contributed by atoms with E-state index in [0.717, 1.165) is 25.0 Å². The molecule has 1 amide bonds. The third-order valence-electron chi connectivity index (χ3n) is 4.14. The Hall–Kier alpha value is -2.06. The fraction of sp³-hybridized carbons (Fsp3) is 0.556. The molecule has 1 fully saturated rings. The number of carbonyl (C=O) groups excluding carboxylic acids is 1. The summed E-state index contributed by atoms with van der Waals surface area (Å²) in [4.78, 5) is 24.6. The van der Waals surface area contributed by atoms with Crippen LogP contribution in [0.5, 0.6) is 0 Å². The minimum atomic E-state index is -1.04. The average Bonchev–Trinajstić information content (AvgIpc) is 2.62. The predicted molar refractivity (Wildman–Crippen MR) is 88.4 cm³/mol. The summed E-state index contributed by atoms with van der Waals surface area (Å²) in [5.41, 5.74) is 0.396. The van der Waals surface area contributed by atoms with Gasteiger partial charge in [-0.1, -0.05) is 6.07 Å². The first-order chi connectivity index (χ1) is 12.5. The second kappa shape index (κ2) is 10.2. The van der Waals surface area contributed by atoms with Gasteiger partial charge in [-0.15, -0.1) is 0 Å². The number of aliphatic carboxylic acids is 1. The van der Waals surface area contributed by atoms with Gasteiger partial charge < -0.3 is 19.5 Å². The zero-order chi connectivity index (χ0) is 18.9. The van der Waals surface area contributed by atoms with Crippen molar-refractivity contribution in [2.24, 2.45) is 0 Å². The summed E-state index contributed by atoms with van der Waals surface area (Å²) in [5, 5.41) is 8.85. The molecular weight excluding hydrogens is 348 g/mol. The molecule has 0 atom stereocenters. The Balaban J connectivity index is 1.90. The number of ether oxygens (including phenoxy) is 2. The molecule has 2 rings (SSSR count). The van der Waals surface area contributed by atoms with Crippen molar-refractivity contribution < 1.29 is 33.0 Å². The van der Waals surface area contributed by atoms with Gasteiger partial charge in [0.2, 0.25) is 5.91 Å². The van der Waals surface area contributed by atoms with Gasteiger partial charge in [-0.2, -0.15) is 0 Å². The highest BCUT2D eigenvalue weighted by Gasteiger charge is 2.18. The van der Waals surface area contributed by atoms with Gasteiger partial charge in [-0.25, -0.2) is 8.78 Å². The van der Waals surface area contributed by atoms with Crippen LogP contribution >= 0.6 is 0 Å². The number of benzene rings is 1. The Morgan fingerprint density at radius 3 is 2.58 bits per heavy atom. The zero-order valence-corrected chi connectivity index (χ0v) is 14.5. The summed E-state index contributed by atoms with van der Waals surface area (Å²) in [6, 6.07) is 3.37. The van der Waals surface area contributed by atoms with Gasteiger partial charge in [0, 0.05) is 26.3 Å². The molecule has 26 heavy (non-hydrogen) atoms. The quantitative estimate of drug-likeness (QED) is 0.721. The summed E-state index contributed by atoms with van der Waals surface area (Å²) in [5.74, 6) is -3.30. The Morgan fingerprint density at radius 2 is 1.92 bits per heavy atom. The summed E-state index contributed by atoms with van der Waals surface area (Å²) in [6.45, 7) is 1.51. The van der Waals surface area contributed by atoms with Crippen LogP contribution in [0.4, 0.5) is 8.78 Å². The van der Waals surface area contributed by atoms with E-state index in [1.807, 2.05) is 0 Å². The molecule has 0 unspecified atom stereocenters. The first kappa shape index (κ1) is 20.3. The van der Waals surface area contributed by atoms with Gasteiger partial charge in [0.25, 0.3) is 0 Å². The maximum absolute atomic E-state index is 13.4. The average molecular weight is 371 g/mol. The molecule has 8 heteroatoms. The van der Waals surface area contributed by atoms with Crippen molar-refractivity contribution in [3.63, 3.8) is 0 Å². The number of amides is 1. The van der Waals surface area contributed by atoms with Crippen molar-refractivity contribution in [3.8, 4) is 0 Å². The third kappa shape index (κ3) is 6.68. The molecule has 0 aromatic heterocycles. The summed E-state index contributed by atoms with van der Waals surface area (Å²) in [7, 11) is 0. The maximum atomic E-state index is 13.4. The first-order valence-corrected chi connectivity index (χ1v) is 8.58. The Kier molecular flexibility index (Phi) is 7.93. The van der Waals surface area contributed by atoms with Crippen LogP contribution < -0.4 is 0 Å². The number of rotatable bonds is 9. The van der Waals surface area contributed by atoms with Crippen LogP contribution in [0.25, 0.3) is 0 Å². The van der Waals surface area contributed by atoms with E-state index < -0.39 is 17.6 Å². The molecular formula is C18H23F2NO5. The van der Waals surface area contributed by atoms with Gasteiger partial charge in [0.05, 0.1) is 25.6 Å². The largest absolute Gasteiger partial charge is 0.481 e. The van der Waals surface area contributed by atoms with Gasteiger partial charge in [-0.3, -0.25) is 9.59 Å². The molecule has 1 aromatic rings. The molecule has 0 saturated carbocycles. The molecule has 0 spiro atoms. The molecule has 144 valence electrons. The highest BCUT2D eigenvalue weighted by Crippen LogP contribution is 2.14. The van der Waals surface area contributed by atoms with Gasteiger partial charge in [0.1, 0.15) is 0 Å². The second-order valence-electron chi connectivity index (χ2n) is 6.14. The van der Waals surface area contributed by atoms with Crippen LogP contribution in [0.15, 0.2) is 18.2 Å². The number of hydrogen-bond donors (Lipinski definition) is 1. The minimum absolute atomic E-state index is 0.00949. The van der Waals surface area contributed by atoms with E-state index in [0.29, 0.717) is 18.8 Å². The lowest BCUT2D eigenvalue weighted by molar-refractivity contribution is -0.139. The van der Waals surface area contributed by atoms with Crippen molar-refractivity contribution in [1.82, 2.24) is 4.90 Å². The third-order valence-corrected chi connectivity index (χ3v) is 4.14. The van der Waals surface area contributed by atoms with Crippen LogP contribution in [0, 0.1) is 11.6 Å². The summed E-state index contributed by atoms with van der Waals surface area (Å²) in [6.07, 6.45) is 1.50. The van der Waals surface area contributed by atoms with Crippen LogP contribution in [0.1, 0.15) is 31.2 Å². The molecule has 1 aromatic carbocycles. The molecule has 0 radical (unpaired) electrons. The molecule has 0 bridgehead atoms. The molecule has 1 aliphatic heterocycles. The van der Waals surface area contributed by atoms with E-state index in [1.54, 1.807) is 0 Å². The van der Waals surface area contributed by atoms with Crippen LogP contribution in [0.2, 0.25) is 0 Å². The lowest BCUT2D eigenvalue weighted by Gasteiger charge is -2.24. The predicted octanol–water partition coefficient (Wildman–Crippen LogP) is 2.35. The zero-order valence-electron chi connectivity index (χ0n) is 14.5. The fourth-order valence-electron chi connectivity index (χ4n) is 2.69. The van der Waals surface area contributed by atoms with E-state index in [1.165, 1.54) is 11.0 Å². The number of carboxylic acids is 1. The van der Waals surface area contributed by atoms with Crippen molar-refractivity contribution >= 4 is 11.9 Å². The van der Waals surface area contributed by atoms with E-state index in [9.17, 15) is 18.4 Å². The number of nitrogens with zero attached hydrogens (tertiary/aromatic N) is 1. The van der Waals surface area contributed by atoms with Gasteiger partial charge >= 0.3 is 5.97 Å².